The molecule has 2 rings (SSSR count). The Kier molecular flexibility index (Phi) is 4.17. The summed E-state index contributed by atoms with van der Waals surface area (Å²) in [5.74, 6) is 0.386. The zero-order chi connectivity index (χ0) is 14.7. The third kappa shape index (κ3) is 3.04. The number of pyridine rings is 1. The van der Waals surface area contributed by atoms with Crippen LogP contribution in [0.2, 0.25) is 0 Å². The Morgan fingerprint density at radius 2 is 2.30 bits per heavy atom. The lowest BCUT2D eigenvalue weighted by atomic mass is 10.1. The maximum absolute atomic E-state index is 11.3. The Morgan fingerprint density at radius 3 is 2.95 bits per heavy atom. The lowest BCUT2D eigenvalue weighted by Gasteiger charge is -2.06. The number of hydrogen-bond donors (Lipinski definition) is 1. The highest BCUT2D eigenvalue weighted by Gasteiger charge is 2.10. The Balaban J connectivity index is 2.31. The summed E-state index contributed by atoms with van der Waals surface area (Å²) in [5.41, 5.74) is 2.44. The van der Waals surface area contributed by atoms with E-state index in [1.807, 2.05) is 17.7 Å². The van der Waals surface area contributed by atoms with Gasteiger partial charge in [0.15, 0.2) is 5.65 Å². The molecule has 1 amide bonds. The second-order valence-electron chi connectivity index (χ2n) is 5.28. The maximum Gasteiger partial charge on any atom is 0.247 e. The molecule has 5 heteroatoms. The van der Waals surface area contributed by atoms with Crippen molar-refractivity contribution < 1.29 is 4.79 Å². The average Bonchev–Trinajstić information content (AvgIpc) is 2.73. The smallest absolute Gasteiger partial charge is 0.247 e. The number of carbonyl (C=O) groups excluding carboxylic acids is 1. The largest absolute Gasteiger partial charge is 0.321 e. The van der Waals surface area contributed by atoms with Crippen molar-refractivity contribution in [2.24, 2.45) is 5.92 Å². The van der Waals surface area contributed by atoms with E-state index >= 15 is 0 Å². The SMILES string of the molecule is C=CC(=O)Nc1cnc2c(c1)c(C)nn2CCC(C)C. The van der Waals surface area contributed by atoms with E-state index in [4.69, 9.17) is 0 Å². The van der Waals surface area contributed by atoms with Crippen LogP contribution in [-0.2, 0) is 11.3 Å². The molecule has 0 aliphatic heterocycles. The van der Waals surface area contributed by atoms with Gasteiger partial charge in [-0.3, -0.25) is 4.79 Å². The molecule has 2 aromatic heterocycles. The van der Waals surface area contributed by atoms with Gasteiger partial charge in [0.05, 0.1) is 17.6 Å². The highest BCUT2D eigenvalue weighted by atomic mass is 16.1. The van der Waals surface area contributed by atoms with Crippen molar-refractivity contribution >= 4 is 22.6 Å². The van der Waals surface area contributed by atoms with E-state index in [-0.39, 0.29) is 5.91 Å². The van der Waals surface area contributed by atoms with Crippen molar-refractivity contribution in [3.8, 4) is 0 Å². The van der Waals surface area contributed by atoms with E-state index < -0.39 is 0 Å². The number of aryl methyl sites for hydroxylation is 2. The molecule has 0 fully saturated rings. The first kappa shape index (κ1) is 14.2. The van der Waals surface area contributed by atoms with E-state index in [9.17, 15) is 4.79 Å². The Labute approximate surface area is 118 Å². The fraction of sp³-hybridized carbons (Fsp3) is 0.400. The Hall–Kier alpha value is -2.17. The molecular weight excluding hydrogens is 252 g/mol. The van der Waals surface area contributed by atoms with Crippen molar-refractivity contribution in [1.82, 2.24) is 14.8 Å². The number of hydrogen-bond acceptors (Lipinski definition) is 3. The van der Waals surface area contributed by atoms with E-state index in [0.717, 1.165) is 29.7 Å². The van der Waals surface area contributed by atoms with Gasteiger partial charge in [0.1, 0.15) is 0 Å². The van der Waals surface area contributed by atoms with E-state index in [1.165, 1.54) is 6.08 Å². The molecule has 0 bridgehead atoms. The van der Waals surface area contributed by atoms with Gasteiger partial charge in [-0.1, -0.05) is 20.4 Å². The second-order valence-corrected chi connectivity index (χ2v) is 5.28. The van der Waals surface area contributed by atoms with Crippen molar-refractivity contribution in [3.05, 3.63) is 30.6 Å². The summed E-state index contributed by atoms with van der Waals surface area (Å²) in [6.07, 6.45) is 3.95. The molecule has 0 aliphatic rings. The van der Waals surface area contributed by atoms with Gasteiger partial charge in [-0.25, -0.2) is 9.67 Å². The van der Waals surface area contributed by atoms with Crippen LogP contribution in [0.5, 0.6) is 0 Å². The fourth-order valence-corrected chi connectivity index (χ4v) is 2.01. The number of rotatable bonds is 5. The molecule has 0 unspecified atom stereocenters. The molecule has 0 saturated carbocycles. The number of anilines is 1. The first-order chi connectivity index (χ1) is 9.51. The molecule has 0 atom stereocenters. The molecular formula is C15H20N4O. The zero-order valence-electron chi connectivity index (χ0n) is 12.2. The monoisotopic (exact) mass is 272 g/mol. The number of carbonyl (C=O) groups is 1. The topological polar surface area (TPSA) is 59.8 Å². The van der Waals surface area contributed by atoms with Gasteiger partial charge in [0, 0.05) is 11.9 Å². The van der Waals surface area contributed by atoms with Crippen LogP contribution in [-0.4, -0.2) is 20.7 Å². The summed E-state index contributed by atoms with van der Waals surface area (Å²) in [7, 11) is 0. The van der Waals surface area contributed by atoms with Crippen LogP contribution >= 0.6 is 0 Å². The highest BCUT2D eigenvalue weighted by molar-refractivity contribution is 5.99. The molecule has 0 spiro atoms. The van der Waals surface area contributed by atoms with Crippen LogP contribution in [0.15, 0.2) is 24.9 Å². The predicted octanol–water partition coefficient (Wildman–Crippen LogP) is 2.91. The summed E-state index contributed by atoms with van der Waals surface area (Å²) in [4.78, 5) is 15.7. The third-order valence-electron chi connectivity index (χ3n) is 3.14. The lowest BCUT2D eigenvalue weighted by Crippen LogP contribution is -2.08. The molecule has 1 N–H and O–H groups in total. The summed E-state index contributed by atoms with van der Waals surface area (Å²) in [6.45, 7) is 10.6. The summed E-state index contributed by atoms with van der Waals surface area (Å²) in [6, 6.07) is 1.90. The summed E-state index contributed by atoms with van der Waals surface area (Å²) >= 11 is 0. The number of amides is 1. The molecule has 106 valence electrons. The third-order valence-corrected chi connectivity index (χ3v) is 3.14. The van der Waals surface area contributed by atoms with E-state index in [0.29, 0.717) is 11.6 Å². The van der Waals surface area contributed by atoms with Crippen LogP contribution in [0.1, 0.15) is 26.0 Å². The van der Waals surface area contributed by atoms with Crippen LogP contribution in [0.25, 0.3) is 11.0 Å². The first-order valence-electron chi connectivity index (χ1n) is 6.78. The average molecular weight is 272 g/mol. The minimum absolute atomic E-state index is 0.240. The second kappa shape index (κ2) is 5.86. The van der Waals surface area contributed by atoms with Crippen LogP contribution < -0.4 is 5.32 Å². The fourth-order valence-electron chi connectivity index (χ4n) is 2.01. The minimum atomic E-state index is -0.240. The number of aromatic nitrogens is 3. The van der Waals surface area contributed by atoms with Gasteiger partial charge in [-0.2, -0.15) is 5.10 Å². The zero-order valence-corrected chi connectivity index (χ0v) is 12.2. The van der Waals surface area contributed by atoms with Gasteiger partial charge in [-0.05, 0) is 31.4 Å². The maximum atomic E-state index is 11.3. The van der Waals surface area contributed by atoms with Gasteiger partial charge in [0.25, 0.3) is 0 Å². The standard InChI is InChI=1S/C15H20N4O/c1-5-14(20)17-12-8-13-11(4)18-19(7-6-10(2)3)15(13)16-9-12/h5,8-10H,1,6-7H2,2-4H3,(H,17,20). The van der Waals surface area contributed by atoms with Crippen molar-refractivity contribution in [1.29, 1.82) is 0 Å². The first-order valence-corrected chi connectivity index (χ1v) is 6.78. The number of nitrogens with one attached hydrogen (secondary N) is 1. The van der Waals surface area contributed by atoms with Crippen LogP contribution in [0.4, 0.5) is 5.69 Å². The molecule has 0 aromatic carbocycles. The number of nitrogens with zero attached hydrogens (tertiary/aromatic N) is 3. The van der Waals surface area contributed by atoms with E-state index in [1.54, 1.807) is 6.20 Å². The van der Waals surface area contributed by atoms with Gasteiger partial charge < -0.3 is 5.32 Å². The molecule has 2 heterocycles. The summed E-state index contributed by atoms with van der Waals surface area (Å²) < 4.78 is 1.93. The van der Waals surface area contributed by atoms with Gasteiger partial charge >= 0.3 is 0 Å². The van der Waals surface area contributed by atoms with Crippen molar-refractivity contribution in [2.45, 2.75) is 33.7 Å². The molecule has 20 heavy (non-hydrogen) atoms. The number of fused-ring (bicyclic) bond motifs is 1. The normalized spacial score (nSPS) is 11.0. The quantitative estimate of drug-likeness (QED) is 0.851. The molecule has 0 aliphatic carbocycles. The van der Waals surface area contributed by atoms with Gasteiger partial charge in [-0.15, -0.1) is 0 Å². The molecule has 2 aromatic rings. The highest BCUT2D eigenvalue weighted by Crippen LogP contribution is 2.20. The van der Waals surface area contributed by atoms with Gasteiger partial charge in [0.2, 0.25) is 5.91 Å². The summed E-state index contributed by atoms with van der Waals surface area (Å²) in [5, 5.41) is 8.21. The molecule has 0 radical (unpaired) electrons. The lowest BCUT2D eigenvalue weighted by molar-refractivity contribution is -0.111. The predicted molar refractivity (Wildman–Crippen MR) is 80.5 cm³/mol. The molecule has 5 nitrogen and oxygen atoms in total. The minimum Gasteiger partial charge on any atom is -0.321 e. The van der Waals surface area contributed by atoms with Crippen LogP contribution in [0.3, 0.4) is 0 Å². The molecule has 0 saturated heterocycles. The van der Waals surface area contributed by atoms with Crippen molar-refractivity contribution in [2.75, 3.05) is 5.32 Å². The van der Waals surface area contributed by atoms with Crippen LogP contribution in [0, 0.1) is 12.8 Å². The Bertz CT molecular complexity index is 643. The Morgan fingerprint density at radius 1 is 1.55 bits per heavy atom. The van der Waals surface area contributed by atoms with E-state index in [2.05, 4.69) is 35.8 Å². The van der Waals surface area contributed by atoms with Crippen molar-refractivity contribution in [3.63, 3.8) is 0 Å².